The molecule has 24 heavy (non-hydrogen) atoms. The maximum Gasteiger partial charge on any atom is 0.341 e. The average molecular weight is 327 g/mol. The smallest absolute Gasteiger partial charge is 0.341 e. The number of anilines is 1. The number of rotatable bonds is 5. The zero-order valence-corrected chi connectivity index (χ0v) is 13.7. The SMILES string of the molecule is Cc1ccccc1OCc1ncc(C(=O)O)c(N2CCCCC2)n1. The van der Waals surface area contributed by atoms with Gasteiger partial charge in [0, 0.05) is 19.3 Å². The number of nitrogens with zero attached hydrogens (tertiary/aromatic N) is 3. The van der Waals surface area contributed by atoms with E-state index >= 15 is 0 Å². The van der Waals surface area contributed by atoms with Crippen molar-refractivity contribution >= 4 is 11.8 Å². The van der Waals surface area contributed by atoms with Crippen molar-refractivity contribution in [2.24, 2.45) is 0 Å². The second-order valence-electron chi connectivity index (χ2n) is 5.93. The molecule has 1 aliphatic rings. The fourth-order valence-corrected chi connectivity index (χ4v) is 2.84. The zero-order valence-electron chi connectivity index (χ0n) is 13.7. The van der Waals surface area contributed by atoms with Crippen LogP contribution in [0.15, 0.2) is 30.5 Å². The number of hydrogen-bond donors (Lipinski definition) is 1. The first-order chi connectivity index (χ1) is 11.6. The van der Waals surface area contributed by atoms with Crippen LogP contribution in [0.4, 0.5) is 5.82 Å². The van der Waals surface area contributed by atoms with Gasteiger partial charge < -0.3 is 14.7 Å². The molecule has 0 spiro atoms. The Morgan fingerprint density at radius 3 is 2.71 bits per heavy atom. The van der Waals surface area contributed by atoms with Crippen LogP contribution in [-0.4, -0.2) is 34.1 Å². The van der Waals surface area contributed by atoms with Gasteiger partial charge in [-0.25, -0.2) is 14.8 Å². The molecule has 1 aromatic carbocycles. The van der Waals surface area contributed by atoms with E-state index in [0.29, 0.717) is 11.6 Å². The maximum atomic E-state index is 11.5. The highest BCUT2D eigenvalue weighted by Crippen LogP contribution is 2.23. The number of benzene rings is 1. The molecule has 2 aromatic rings. The molecule has 0 bridgehead atoms. The summed E-state index contributed by atoms with van der Waals surface area (Å²) in [7, 11) is 0. The minimum atomic E-state index is -0.998. The maximum absolute atomic E-state index is 11.5. The Bertz CT molecular complexity index is 727. The molecule has 0 unspecified atom stereocenters. The molecule has 0 saturated carbocycles. The van der Waals surface area contributed by atoms with Crippen molar-refractivity contribution in [2.75, 3.05) is 18.0 Å². The lowest BCUT2D eigenvalue weighted by atomic mass is 10.1. The third-order valence-corrected chi connectivity index (χ3v) is 4.15. The van der Waals surface area contributed by atoms with Gasteiger partial charge in [0.2, 0.25) is 0 Å². The zero-order chi connectivity index (χ0) is 16.9. The fourth-order valence-electron chi connectivity index (χ4n) is 2.84. The molecule has 2 heterocycles. The predicted molar refractivity (Wildman–Crippen MR) is 90.6 cm³/mol. The van der Waals surface area contributed by atoms with Crippen LogP contribution in [0.5, 0.6) is 5.75 Å². The molecule has 6 heteroatoms. The summed E-state index contributed by atoms with van der Waals surface area (Å²) in [6.07, 6.45) is 4.67. The molecule has 0 amide bonds. The van der Waals surface area contributed by atoms with Crippen molar-refractivity contribution in [3.63, 3.8) is 0 Å². The van der Waals surface area contributed by atoms with E-state index in [0.717, 1.165) is 37.2 Å². The van der Waals surface area contributed by atoms with Crippen LogP contribution in [-0.2, 0) is 6.61 Å². The Labute approximate surface area is 141 Å². The summed E-state index contributed by atoms with van der Waals surface area (Å²) in [4.78, 5) is 22.1. The van der Waals surface area contributed by atoms with Crippen LogP contribution in [0, 0.1) is 6.92 Å². The minimum absolute atomic E-state index is 0.150. The predicted octanol–water partition coefficient (Wildman–Crippen LogP) is 3.05. The van der Waals surface area contributed by atoms with Gasteiger partial charge in [0.1, 0.15) is 23.7 Å². The Balaban J connectivity index is 1.81. The second-order valence-corrected chi connectivity index (χ2v) is 5.93. The van der Waals surface area contributed by atoms with E-state index in [-0.39, 0.29) is 12.2 Å². The van der Waals surface area contributed by atoms with Gasteiger partial charge >= 0.3 is 5.97 Å². The molecule has 1 fully saturated rings. The van der Waals surface area contributed by atoms with Crippen molar-refractivity contribution in [3.05, 3.63) is 47.4 Å². The Hall–Kier alpha value is -2.63. The number of para-hydroxylation sites is 1. The van der Waals surface area contributed by atoms with Crippen molar-refractivity contribution in [1.29, 1.82) is 0 Å². The van der Waals surface area contributed by atoms with Crippen LogP contribution in [0.2, 0.25) is 0 Å². The summed E-state index contributed by atoms with van der Waals surface area (Å²) < 4.78 is 5.77. The Morgan fingerprint density at radius 2 is 2.00 bits per heavy atom. The average Bonchev–Trinajstić information content (AvgIpc) is 2.61. The molecular weight excluding hydrogens is 306 g/mol. The van der Waals surface area contributed by atoms with E-state index in [1.165, 1.54) is 12.6 Å². The normalized spacial score (nSPS) is 14.5. The quantitative estimate of drug-likeness (QED) is 0.909. The number of piperidine rings is 1. The molecule has 6 nitrogen and oxygen atoms in total. The van der Waals surface area contributed by atoms with Crippen molar-refractivity contribution in [2.45, 2.75) is 32.8 Å². The fraction of sp³-hybridized carbons (Fsp3) is 0.389. The van der Waals surface area contributed by atoms with Gasteiger partial charge in [0.05, 0.1) is 0 Å². The lowest BCUT2D eigenvalue weighted by Gasteiger charge is -2.28. The largest absolute Gasteiger partial charge is 0.485 e. The van der Waals surface area contributed by atoms with E-state index in [9.17, 15) is 9.90 Å². The van der Waals surface area contributed by atoms with Crippen LogP contribution in [0.25, 0.3) is 0 Å². The molecule has 126 valence electrons. The van der Waals surface area contributed by atoms with Gasteiger partial charge in [-0.2, -0.15) is 0 Å². The molecule has 3 rings (SSSR count). The van der Waals surface area contributed by atoms with Gasteiger partial charge in [-0.1, -0.05) is 18.2 Å². The molecule has 0 atom stereocenters. The molecule has 1 saturated heterocycles. The van der Waals surface area contributed by atoms with Gasteiger partial charge in [0.15, 0.2) is 5.82 Å². The van der Waals surface area contributed by atoms with E-state index in [2.05, 4.69) is 9.97 Å². The molecule has 0 radical (unpaired) electrons. The molecule has 1 N–H and O–H groups in total. The van der Waals surface area contributed by atoms with Gasteiger partial charge in [-0.05, 0) is 37.8 Å². The van der Waals surface area contributed by atoms with Crippen molar-refractivity contribution in [3.8, 4) is 5.75 Å². The van der Waals surface area contributed by atoms with Crippen molar-refractivity contribution < 1.29 is 14.6 Å². The van der Waals surface area contributed by atoms with E-state index < -0.39 is 5.97 Å². The lowest BCUT2D eigenvalue weighted by Crippen LogP contribution is -2.32. The number of aryl methyl sites for hydroxylation is 1. The second kappa shape index (κ2) is 7.29. The molecule has 0 aliphatic carbocycles. The summed E-state index contributed by atoms with van der Waals surface area (Å²) in [5, 5.41) is 9.39. The third kappa shape index (κ3) is 3.64. The highest BCUT2D eigenvalue weighted by Gasteiger charge is 2.21. The van der Waals surface area contributed by atoms with Crippen molar-refractivity contribution in [1.82, 2.24) is 9.97 Å². The summed E-state index contributed by atoms with van der Waals surface area (Å²) in [6, 6.07) is 7.74. The summed E-state index contributed by atoms with van der Waals surface area (Å²) in [6.45, 7) is 3.85. The molecule has 1 aliphatic heterocycles. The van der Waals surface area contributed by atoms with Gasteiger partial charge in [-0.3, -0.25) is 0 Å². The lowest BCUT2D eigenvalue weighted by molar-refractivity contribution is 0.0696. The monoisotopic (exact) mass is 327 g/mol. The summed E-state index contributed by atoms with van der Waals surface area (Å²) in [5.41, 5.74) is 1.19. The standard InChI is InChI=1S/C18H21N3O3/c1-13-7-3-4-8-15(13)24-12-16-19-11-14(18(22)23)17(20-16)21-9-5-2-6-10-21/h3-4,7-8,11H,2,5-6,9-10,12H2,1H3,(H,22,23). The van der Waals surface area contributed by atoms with Gasteiger partial charge in [0.25, 0.3) is 0 Å². The van der Waals surface area contributed by atoms with Crippen LogP contribution >= 0.6 is 0 Å². The van der Waals surface area contributed by atoms with E-state index in [1.54, 1.807) is 0 Å². The first-order valence-corrected chi connectivity index (χ1v) is 8.18. The summed E-state index contributed by atoms with van der Waals surface area (Å²) in [5.74, 6) is 0.772. The number of aromatic nitrogens is 2. The third-order valence-electron chi connectivity index (χ3n) is 4.15. The highest BCUT2D eigenvalue weighted by atomic mass is 16.5. The number of carboxylic acids is 1. The van der Waals surface area contributed by atoms with E-state index in [4.69, 9.17) is 4.74 Å². The number of carboxylic acid groups (broad SMARTS) is 1. The van der Waals surface area contributed by atoms with Crippen LogP contribution < -0.4 is 9.64 Å². The highest BCUT2D eigenvalue weighted by molar-refractivity contribution is 5.92. The number of hydrogen-bond acceptors (Lipinski definition) is 5. The Kier molecular flexibility index (Phi) is 4.93. The molecular formula is C18H21N3O3. The van der Waals surface area contributed by atoms with Crippen LogP contribution in [0.1, 0.15) is 41.0 Å². The number of aromatic carboxylic acids is 1. The first kappa shape index (κ1) is 16.2. The molecule has 1 aromatic heterocycles. The minimum Gasteiger partial charge on any atom is -0.485 e. The number of carbonyl (C=O) groups is 1. The van der Waals surface area contributed by atoms with Crippen LogP contribution in [0.3, 0.4) is 0 Å². The number of ether oxygens (including phenoxy) is 1. The van der Waals surface area contributed by atoms with Gasteiger partial charge in [-0.15, -0.1) is 0 Å². The Morgan fingerprint density at radius 1 is 1.25 bits per heavy atom. The topological polar surface area (TPSA) is 75.6 Å². The summed E-state index contributed by atoms with van der Waals surface area (Å²) >= 11 is 0. The van der Waals surface area contributed by atoms with E-state index in [1.807, 2.05) is 36.1 Å². The first-order valence-electron chi connectivity index (χ1n) is 8.18.